The lowest BCUT2D eigenvalue weighted by Gasteiger charge is -1.99. The third-order valence-electron chi connectivity index (χ3n) is 1.46. The lowest BCUT2D eigenvalue weighted by Crippen LogP contribution is -1.99. The molecule has 0 amide bonds. The van der Waals surface area contributed by atoms with Crippen molar-refractivity contribution in [3.8, 4) is 0 Å². The fourth-order valence-electron chi connectivity index (χ4n) is 0.856. The second-order valence-electron chi connectivity index (χ2n) is 2.33. The number of pyridine rings is 1. The van der Waals surface area contributed by atoms with Crippen LogP contribution in [0.25, 0.3) is 0 Å². The summed E-state index contributed by atoms with van der Waals surface area (Å²) in [6, 6.07) is 3.06. The summed E-state index contributed by atoms with van der Waals surface area (Å²) in [6.45, 7) is 1.93. The molecule has 0 aliphatic rings. The Balaban J connectivity index is 3.15. The fourth-order valence-corrected chi connectivity index (χ4v) is 1.33. The van der Waals surface area contributed by atoms with Gasteiger partial charge in [0.1, 0.15) is 4.60 Å². The summed E-state index contributed by atoms with van der Waals surface area (Å²) < 4.78 is 0.569. The van der Waals surface area contributed by atoms with Gasteiger partial charge >= 0.3 is 5.97 Å². The van der Waals surface area contributed by atoms with Gasteiger partial charge < -0.3 is 5.11 Å². The van der Waals surface area contributed by atoms with Crippen LogP contribution in [0.1, 0.15) is 23.0 Å². The Morgan fingerprint density at radius 3 is 2.83 bits per heavy atom. The smallest absolute Gasteiger partial charge is 0.335 e. The highest BCUT2D eigenvalue weighted by molar-refractivity contribution is 9.10. The number of halogens is 1. The van der Waals surface area contributed by atoms with Crippen LogP contribution in [0.2, 0.25) is 0 Å². The molecule has 1 rings (SSSR count). The molecule has 3 nitrogen and oxygen atoms in total. The zero-order valence-corrected chi connectivity index (χ0v) is 8.13. The molecule has 1 heterocycles. The molecule has 0 atom stereocenters. The van der Waals surface area contributed by atoms with Crippen molar-refractivity contribution < 1.29 is 9.90 Å². The highest BCUT2D eigenvalue weighted by atomic mass is 79.9. The van der Waals surface area contributed by atoms with E-state index in [9.17, 15) is 4.79 Å². The third kappa shape index (κ3) is 2.04. The first kappa shape index (κ1) is 9.19. The number of carbonyl (C=O) groups is 1. The maximum Gasteiger partial charge on any atom is 0.335 e. The molecule has 1 aromatic heterocycles. The van der Waals surface area contributed by atoms with Crippen LogP contribution in [0, 0.1) is 0 Å². The van der Waals surface area contributed by atoms with E-state index >= 15 is 0 Å². The van der Waals surface area contributed by atoms with E-state index in [-0.39, 0.29) is 5.56 Å². The fraction of sp³-hybridized carbons (Fsp3) is 0.250. The van der Waals surface area contributed by atoms with E-state index in [0.29, 0.717) is 4.60 Å². The summed E-state index contributed by atoms with van der Waals surface area (Å²) in [6.07, 6.45) is 0.736. The second-order valence-corrected chi connectivity index (χ2v) is 3.14. The standard InChI is InChI=1S/C8H8BrNO2/c1-2-6-3-5(8(11)12)4-7(9)10-6/h3-4H,2H2,1H3,(H,11,12). The molecule has 64 valence electrons. The summed E-state index contributed by atoms with van der Waals surface area (Å²) in [5, 5.41) is 8.68. The first-order chi connectivity index (χ1) is 5.63. The van der Waals surface area contributed by atoms with Crippen LogP contribution in [-0.4, -0.2) is 16.1 Å². The van der Waals surface area contributed by atoms with Crippen molar-refractivity contribution >= 4 is 21.9 Å². The van der Waals surface area contributed by atoms with Crippen LogP contribution in [0.5, 0.6) is 0 Å². The van der Waals surface area contributed by atoms with Gasteiger partial charge in [0.25, 0.3) is 0 Å². The molecule has 4 heteroatoms. The summed E-state index contributed by atoms with van der Waals surface area (Å²) in [7, 11) is 0. The van der Waals surface area contributed by atoms with Gasteiger partial charge in [0.2, 0.25) is 0 Å². The largest absolute Gasteiger partial charge is 0.478 e. The molecule has 1 aromatic rings. The Morgan fingerprint density at radius 2 is 2.33 bits per heavy atom. The zero-order chi connectivity index (χ0) is 9.14. The van der Waals surface area contributed by atoms with E-state index in [0.717, 1.165) is 12.1 Å². The molecular formula is C8H8BrNO2. The lowest BCUT2D eigenvalue weighted by atomic mass is 10.2. The molecule has 0 unspecified atom stereocenters. The summed E-state index contributed by atoms with van der Waals surface area (Å²) in [5.74, 6) is -0.923. The van der Waals surface area contributed by atoms with Crippen LogP contribution in [0.15, 0.2) is 16.7 Å². The minimum absolute atomic E-state index is 0.272. The van der Waals surface area contributed by atoms with Gasteiger partial charge in [-0.2, -0.15) is 0 Å². The lowest BCUT2D eigenvalue weighted by molar-refractivity contribution is 0.0696. The van der Waals surface area contributed by atoms with E-state index in [4.69, 9.17) is 5.11 Å². The van der Waals surface area contributed by atoms with Crippen molar-refractivity contribution in [1.29, 1.82) is 0 Å². The predicted octanol–water partition coefficient (Wildman–Crippen LogP) is 2.10. The van der Waals surface area contributed by atoms with E-state index < -0.39 is 5.97 Å². The number of aryl methyl sites for hydroxylation is 1. The van der Waals surface area contributed by atoms with Crippen molar-refractivity contribution in [2.45, 2.75) is 13.3 Å². The minimum Gasteiger partial charge on any atom is -0.478 e. The van der Waals surface area contributed by atoms with Crippen LogP contribution in [0.3, 0.4) is 0 Å². The molecule has 0 saturated heterocycles. The number of hydrogen-bond donors (Lipinski definition) is 1. The van der Waals surface area contributed by atoms with Crippen molar-refractivity contribution in [1.82, 2.24) is 4.98 Å². The Hall–Kier alpha value is -0.900. The number of aromatic carboxylic acids is 1. The van der Waals surface area contributed by atoms with Crippen LogP contribution in [-0.2, 0) is 6.42 Å². The van der Waals surface area contributed by atoms with Crippen molar-refractivity contribution in [2.24, 2.45) is 0 Å². The molecule has 0 radical (unpaired) electrons. The number of carboxylic acid groups (broad SMARTS) is 1. The van der Waals surface area contributed by atoms with Crippen molar-refractivity contribution in [2.75, 3.05) is 0 Å². The highest BCUT2D eigenvalue weighted by Crippen LogP contribution is 2.11. The number of rotatable bonds is 2. The average Bonchev–Trinajstić information content (AvgIpc) is 2.03. The van der Waals surface area contributed by atoms with Crippen molar-refractivity contribution in [3.63, 3.8) is 0 Å². The highest BCUT2D eigenvalue weighted by Gasteiger charge is 2.05. The Bertz CT molecular complexity index is 312. The van der Waals surface area contributed by atoms with E-state index in [1.807, 2.05) is 6.92 Å². The van der Waals surface area contributed by atoms with Gasteiger partial charge in [0.15, 0.2) is 0 Å². The van der Waals surface area contributed by atoms with Crippen LogP contribution < -0.4 is 0 Å². The normalized spacial score (nSPS) is 9.83. The monoisotopic (exact) mass is 229 g/mol. The molecule has 0 fully saturated rings. The van der Waals surface area contributed by atoms with Gasteiger partial charge in [-0.1, -0.05) is 6.92 Å². The van der Waals surface area contributed by atoms with Crippen LogP contribution >= 0.6 is 15.9 Å². The van der Waals surface area contributed by atoms with E-state index in [2.05, 4.69) is 20.9 Å². The average molecular weight is 230 g/mol. The maximum atomic E-state index is 10.6. The molecule has 1 N–H and O–H groups in total. The topological polar surface area (TPSA) is 50.2 Å². The van der Waals surface area contributed by atoms with Crippen molar-refractivity contribution in [3.05, 3.63) is 28.0 Å². The van der Waals surface area contributed by atoms with Gasteiger partial charge in [0.05, 0.1) is 5.56 Å². The van der Waals surface area contributed by atoms with Gasteiger partial charge in [-0.05, 0) is 34.5 Å². The molecule has 0 bridgehead atoms. The molecule has 0 spiro atoms. The third-order valence-corrected chi connectivity index (χ3v) is 1.86. The van der Waals surface area contributed by atoms with Gasteiger partial charge in [-0.3, -0.25) is 0 Å². The summed E-state index contributed by atoms with van der Waals surface area (Å²) >= 11 is 3.15. The van der Waals surface area contributed by atoms with Gasteiger partial charge in [-0.15, -0.1) is 0 Å². The van der Waals surface area contributed by atoms with Crippen LogP contribution in [0.4, 0.5) is 0 Å². The Morgan fingerprint density at radius 1 is 1.67 bits per heavy atom. The molecule has 0 aromatic carbocycles. The first-order valence-corrected chi connectivity index (χ1v) is 4.32. The number of aromatic nitrogens is 1. The summed E-state index contributed by atoms with van der Waals surface area (Å²) in [5.41, 5.74) is 1.05. The molecule has 12 heavy (non-hydrogen) atoms. The maximum absolute atomic E-state index is 10.6. The predicted molar refractivity (Wildman–Crippen MR) is 48.3 cm³/mol. The van der Waals surface area contributed by atoms with Gasteiger partial charge in [0, 0.05) is 5.69 Å². The number of hydrogen-bond acceptors (Lipinski definition) is 2. The second kappa shape index (κ2) is 3.67. The quantitative estimate of drug-likeness (QED) is 0.791. The Kier molecular flexibility index (Phi) is 2.81. The number of nitrogens with zero attached hydrogens (tertiary/aromatic N) is 1. The zero-order valence-electron chi connectivity index (χ0n) is 6.54. The molecule has 0 aliphatic carbocycles. The molecular weight excluding hydrogens is 222 g/mol. The SMILES string of the molecule is CCc1cc(C(=O)O)cc(Br)n1. The van der Waals surface area contributed by atoms with E-state index in [1.165, 1.54) is 6.07 Å². The first-order valence-electron chi connectivity index (χ1n) is 3.53. The van der Waals surface area contributed by atoms with Gasteiger partial charge in [-0.25, -0.2) is 9.78 Å². The molecule has 0 aliphatic heterocycles. The van der Waals surface area contributed by atoms with E-state index in [1.54, 1.807) is 6.07 Å². The Labute approximate surface area is 78.6 Å². The molecule has 0 saturated carbocycles. The summed E-state index contributed by atoms with van der Waals surface area (Å²) in [4.78, 5) is 14.7. The minimum atomic E-state index is -0.923. The number of carboxylic acids is 1.